The summed E-state index contributed by atoms with van der Waals surface area (Å²) in [5.74, 6) is -1.55. The second-order valence-corrected chi connectivity index (χ2v) is 9.20. The van der Waals surface area contributed by atoms with E-state index >= 15 is 0 Å². The molecular weight excluding hydrogens is 451 g/mol. The number of amides is 1. The lowest BCUT2D eigenvalue weighted by Gasteiger charge is -2.27. The molecule has 2 aliphatic heterocycles. The van der Waals surface area contributed by atoms with Crippen LogP contribution in [0.4, 0.5) is 0 Å². The number of likely N-dealkylation sites (tertiary alicyclic amines) is 2. The van der Waals surface area contributed by atoms with Crippen molar-refractivity contribution in [1.29, 1.82) is 0 Å². The van der Waals surface area contributed by atoms with Crippen LogP contribution in [-0.2, 0) is 16.6 Å². The van der Waals surface area contributed by atoms with Crippen molar-refractivity contribution in [1.82, 2.24) is 19.6 Å². The molecule has 0 aliphatic carbocycles. The van der Waals surface area contributed by atoms with E-state index in [4.69, 9.17) is 23.2 Å². The summed E-state index contributed by atoms with van der Waals surface area (Å²) < 4.78 is 1.64. The zero-order valence-corrected chi connectivity index (χ0v) is 19.9. The molecule has 0 bridgehead atoms. The van der Waals surface area contributed by atoms with Gasteiger partial charge in [-0.3, -0.25) is 14.3 Å². The van der Waals surface area contributed by atoms with Gasteiger partial charge in [-0.1, -0.05) is 29.3 Å². The number of aromatic nitrogens is 2. The maximum absolute atomic E-state index is 13.2. The normalized spacial score (nSPS) is 21.2. The highest BCUT2D eigenvalue weighted by molar-refractivity contribution is 6.47. The fourth-order valence-electron chi connectivity index (χ4n) is 4.65. The third-order valence-corrected chi connectivity index (χ3v) is 7.14. The molecule has 1 unspecified atom stereocenters. The Labute approximate surface area is 197 Å². The third-order valence-electron chi connectivity index (χ3n) is 6.40. The van der Waals surface area contributed by atoms with Crippen LogP contribution in [0.3, 0.4) is 0 Å². The molecule has 3 heterocycles. The highest BCUT2D eigenvalue weighted by Crippen LogP contribution is 2.41. The molecule has 0 saturated carbocycles. The van der Waals surface area contributed by atoms with Gasteiger partial charge in [0.15, 0.2) is 0 Å². The number of Topliss-reactive ketones (excluding diaryl/α,β-unsaturated/α-hetero) is 1. The first-order chi connectivity index (χ1) is 15.2. The van der Waals surface area contributed by atoms with Crippen LogP contribution >= 0.6 is 23.2 Å². The molecule has 0 radical (unpaired) electrons. The SMILES string of the molecule is Cc1nn(C)c(C)c1/C(O)=C1\C(=O)C(=O)N(CCN2CCCC2)C1c1ccc(Cl)c(Cl)c1. The van der Waals surface area contributed by atoms with E-state index in [9.17, 15) is 14.7 Å². The van der Waals surface area contributed by atoms with Gasteiger partial charge in [-0.05, 0) is 57.5 Å². The number of halogens is 2. The van der Waals surface area contributed by atoms with Crippen molar-refractivity contribution in [2.75, 3.05) is 26.2 Å². The molecule has 2 fully saturated rings. The van der Waals surface area contributed by atoms with Gasteiger partial charge in [-0.2, -0.15) is 5.10 Å². The number of rotatable bonds is 5. The van der Waals surface area contributed by atoms with Crippen LogP contribution in [0.5, 0.6) is 0 Å². The third kappa shape index (κ3) is 3.93. The number of aliphatic hydroxyl groups is 1. The van der Waals surface area contributed by atoms with Crippen LogP contribution in [0.15, 0.2) is 23.8 Å². The van der Waals surface area contributed by atoms with Crippen molar-refractivity contribution >= 4 is 40.7 Å². The molecule has 1 atom stereocenters. The fourth-order valence-corrected chi connectivity index (χ4v) is 4.95. The Morgan fingerprint density at radius 1 is 1.12 bits per heavy atom. The molecule has 2 aliphatic rings. The highest BCUT2D eigenvalue weighted by atomic mass is 35.5. The molecule has 9 heteroatoms. The van der Waals surface area contributed by atoms with Gasteiger partial charge in [0.05, 0.1) is 32.9 Å². The Kier molecular flexibility index (Phi) is 6.34. The zero-order valence-electron chi connectivity index (χ0n) is 18.4. The minimum Gasteiger partial charge on any atom is -0.507 e. The van der Waals surface area contributed by atoms with E-state index in [1.807, 2.05) is 6.92 Å². The van der Waals surface area contributed by atoms with Crippen LogP contribution < -0.4 is 0 Å². The van der Waals surface area contributed by atoms with E-state index < -0.39 is 17.7 Å². The van der Waals surface area contributed by atoms with E-state index in [1.165, 1.54) is 4.90 Å². The van der Waals surface area contributed by atoms with Crippen molar-refractivity contribution in [3.8, 4) is 0 Å². The first-order valence-corrected chi connectivity index (χ1v) is 11.4. The van der Waals surface area contributed by atoms with Gasteiger partial charge < -0.3 is 14.9 Å². The highest BCUT2D eigenvalue weighted by Gasteiger charge is 2.46. The first-order valence-electron chi connectivity index (χ1n) is 10.7. The molecule has 170 valence electrons. The van der Waals surface area contributed by atoms with Crippen LogP contribution in [0, 0.1) is 13.8 Å². The smallest absolute Gasteiger partial charge is 0.295 e. The van der Waals surface area contributed by atoms with Crippen LogP contribution in [-0.4, -0.2) is 62.6 Å². The monoisotopic (exact) mass is 476 g/mol. The van der Waals surface area contributed by atoms with Gasteiger partial charge >= 0.3 is 0 Å². The molecule has 1 aromatic heterocycles. The van der Waals surface area contributed by atoms with Crippen molar-refractivity contribution in [3.05, 3.63) is 56.3 Å². The van der Waals surface area contributed by atoms with Crippen molar-refractivity contribution in [2.24, 2.45) is 7.05 Å². The molecule has 0 spiro atoms. The first kappa shape index (κ1) is 22.8. The molecule has 1 N–H and O–H groups in total. The maximum atomic E-state index is 13.2. The predicted octanol–water partition coefficient (Wildman–Crippen LogP) is 3.86. The Morgan fingerprint density at radius 3 is 2.41 bits per heavy atom. The summed E-state index contributed by atoms with van der Waals surface area (Å²) in [5, 5.41) is 16.3. The second-order valence-electron chi connectivity index (χ2n) is 8.38. The lowest BCUT2D eigenvalue weighted by Crippen LogP contribution is -2.37. The van der Waals surface area contributed by atoms with Gasteiger partial charge in [-0.15, -0.1) is 0 Å². The second kappa shape index (κ2) is 8.89. The number of hydrogen-bond acceptors (Lipinski definition) is 5. The van der Waals surface area contributed by atoms with Crippen LogP contribution in [0.2, 0.25) is 10.0 Å². The lowest BCUT2D eigenvalue weighted by molar-refractivity contribution is -0.140. The minimum absolute atomic E-state index is 0.0500. The quantitative estimate of drug-likeness (QED) is 0.402. The number of carbonyl (C=O) groups excluding carboxylic acids is 2. The van der Waals surface area contributed by atoms with E-state index in [1.54, 1.807) is 36.9 Å². The van der Waals surface area contributed by atoms with Gasteiger partial charge in [0.1, 0.15) is 5.76 Å². The average molecular weight is 477 g/mol. The summed E-state index contributed by atoms with van der Waals surface area (Å²) in [5.41, 5.74) is 2.43. The summed E-state index contributed by atoms with van der Waals surface area (Å²) in [4.78, 5) is 30.1. The summed E-state index contributed by atoms with van der Waals surface area (Å²) in [6, 6.07) is 4.27. The van der Waals surface area contributed by atoms with Gasteiger partial charge in [0, 0.05) is 25.8 Å². The molecular formula is C23H26Cl2N4O3. The van der Waals surface area contributed by atoms with Crippen molar-refractivity contribution in [2.45, 2.75) is 32.7 Å². The van der Waals surface area contributed by atoms with E-state index in [2.05, 4.69) is 10.00 Å². The number of aliphatic hydroxyl groups excluding tert-OH is 1. The number of benzene rings is 1. The Bertz CT molecular complexity index is 1120. The van der Waals surface area contributed by atoms with Gasteiger partial charge in [0.25, 0.3) is 11.7 Å². The van der Waals surface area contributed by atoms with Crippen molar-refractivity contribution in [3.63, 3.8) is 0 Å². The summed E-state index contributed by atoms with van der Waals surface area (Å²) >= 11 is 12.4. The Morgan fingerprint density at radius 2 is 1.81 bits per heavy atom. The number of ketones is 1. The molecule has 1 amide bonds. The zero-order chi connectivity index (χ0) is 23.2. The molecule has 2 aromatic rings. The molecule has 4 rings (SSSR count). The Balaban J connectivity index is 1.83. The van der Waals surface area contributed by atoms with E-state index in [0.29, 0.717) is 45.6 Å². The van der Waals surface area contributed by atoms with E-state index in [-0.39, 0.29) is 11.3 Å². The summed E-state index contributed by atoms with van der Waals surface area (Å²) in [7, 11) is 1.77. The predicted molar refractivity (Wildman–Crippen MR) is 124 cm³/mol. The molecule has 7 nitrogen and oxygen atoms in total. The molecule has 2 saturated heterocycles. The number of aryl methyl sites for hydroxylation is 2. The minimum atomic E-state index is -0.758. The van der Waals surface area contributed by atoms with Crippen LogP contribution in [0.1, 0.15) is 41.4 Å². The average Bonchev–Trinajstić information content (AvgIpc) is 3.42. The van der Waals surface area contributed by atoms with Gasteiger partial charge in [-0.25, -0.2) is 0 Å². The standard InChI is InChI=1S/C23H26Cl2N4O3/c1-13-18(14(2)27(3)26-13)21(30)19-20(15-6-7-16(24)17(25)12-15)29(23(32)22(19)31)11-10-28-8-4-5-9-28/h6-7,12,20,30H,4-5,8-11H2,1-3H3/b21-19+. The maximum Gasteiger partial charge on any atom is 0.295 e. The van der Waals surface area contributed by atoms with Crippen LogP contribution in [0.25, 0.3) is 5.76 Å². The molecule has 32 heavy (non-hydrogen) atoms. The lowest BCUT2D eigenvalue weighted by atomic mass is 9.94. The Hall–Kier alpha value is -2.35. The number of hydrogen-bond donors (Lipinski definition) is 1. The summed E-state index contributed by atoms with van der Waals surface area (Å²) in [6.07, 6.45) is 2.27. The number of nitrogens with zero attached hydrogens (tertiary/aromatic N) is 4. The fraction of sp³-hybridized carbons (Fsp3) is 0.435. The van der Waals surface area contributed by atoms with Crippen molar-refractivity contribution < 1.29 is 14.7 Å². The molecule has 1 aromatic carbocycles. The van der Waals surface area contributed by atoms with E-state index in [0.717, 1.165) is 25.9 Å². The topological polar surface area (TPSA) is 78.7 Å². The number of carbonyl (C=O) groups is 2. The summed E-state index contributed by atoms with van der Waals surface area (Å²) in [6.45, 7) is 6.57. The largest absolute Gasteiger partial charge is 0.507 e. The van der Waals surface area contributed by atoms with Gasteiger partial charge in [0.2, 0.25) is 0 Å².